The quantitative estimate of drug-likeness (QED) is 0.851. The van der Waals surface area contributed by atoms with Gasteiger partial charge in [-0.25, -0.2) is 13.1 Å². The zero-order valence-corrected chi connectivity index (χ0v) is 14.0. The smallest absolute Gasteiger partial charge is 0.486 e. The molecule has 1 heterocycles. The summed E-state index contributed by atoms with van der Waals surface area (Å²) in [5, 5.41) is 0. The van der Waals surface area contributed by atoms with Crippen molar-refractivity contribution in [3.63, 3.8) is 0 Å². The monoisotopic (exact) mass is 389 g/mol. The van der Waals surface area contributed by atoms with Gasteiger partial charge in [0.25, 0.3) is 0 Å². The van der Waals surface area contributed by atoms with Crippen LogP contribution in [0.15, 0.2) is 53.4 Å². The summed E-state index contributed by atoms with van der Waals surface area (Å²) < 4.78 is 78.1. The largest absolute Gasteiger partial charge is 0.573 e. The fourth-order valence-corrected chi connectivity index (χ4v) is 3.34. The van der Waals surface area contributed by atoms with E-state index >= 15 is 0 Å². The summed E-state index contributed by atoms with van der Waals surface area (Å²) in [4.78, 5) is -0.191. The molecule has 1 atom stereocenters. The van der Waals surface area contributed by atoms with Crippen molar-refractivity contribution in [2.45, 2.75) is 17.4 Å². The standard InChI is InChI=1S/C16H14F3NO5S/c17-16(18,19)25-11-5-7-13(8-6-11)26(21,22)20-9-12-10-23-14-3-1-2-4-15(14)24-12/h1-8,12,20H,9-10H2. The van der Waals surface area contributed by atoms with Crippen LogP contribution in [0.5, 0.6) is 17.2 Å². The Labute approximate surface area is 147 Å². The lowest BCUT2D eigenvalue weighted by Crippen LogP contribution is -2.40. The maximum absolute atomic E-state index is 12.2. The number of hydrogen-bond donors (Lipinski definition) is 1. The van der Waals surface area contributed by atoms with Crippen LogP contribution in [0.2, 0.25) is 0 Å². The maximum Gasteiger partial charge on any atom is 0.573 e. The van der Waals surface area contributed by atoms with Crippen molar-refractivity contribution in [2.24, 2.45) is 0 Å². The van der Waals surface area contributed by atoms with Crippen molar-refractivity contribution in [3.05, 3.63) is 48.5 Å². The van der Waals surface area contributed by atoms with Crippen molar-refractivity contribution >= 4 is 10.0 Å². The summed E-state index contributed by atoms with van der Waals surface area (Å²) in [5.41, 5.74) is 0. The van der Waals surface area contributed by atoms with E-state index in [9.17, 15) is 21.6 Å². The Morgan fingerprint density at radius 2 is 1.73 bits per heavy atom. The average Bonchev–Trinajstić information content (AvgIpc) is 2.59. The zero-order chi connectivity index (χ0) is 18.8. The number of nitrogens with one attached hydrogen (secondary N) is 1. The van der Waals surface area contributed by atoms with Crippen LogP contribution in [0, 0.1) is 0 Å². The number of para-hydroxylation sites is 2. The lowest BCUT2D eigenvalue weighted by Gasteiger charge is -2.26. The molecule has 2 aromatic rings. The van der Waals surface area contributed by atoms with Gasteiger partial charge in [-0.1, -0.05) is 12.1 Å². The minimum absolute atomic E-state index is 0.0581. The molecule has 1 aliphatic rings. The summed E-state index contributed by atoms with van der Waals surface area (Å²) >= 11 is 0. The van der Waals surface area contributed by atoms with Crippen molar-refractivity contribution in [2.75, 3.05) is 13.2 Å². The first-order valence-corrected chi connectivity index (χ1v) is 8.95. The van der Waals surface area contributed by atoms with Gasteiger partial charge >= 0.3 is 6.36 Å². The van der Waals surface area contributed by atoms with Crippen LogP contribution in [-0.4, -0.2) is 34.0 Å². The Kier molecular flexibility index (Phi) is 4.97. The Morgan fingerprint density at radius 3 is 2.38 bits per heavy atom. The van der Waals surface area contributed by atoms with Crippen LogP contribution in [0.1, 0.15) is 0 Å². The van der Waals surface area contributed by atoms with E-state index in [0.29, 0.717) is 11.5 Å². The molecule has 0 aromatic heterocycles. The zero-order valence-electron chi connectivity index (χ0n) is 13.2. The van der Waals surface area contributed by atoms with Crippen molar-refractivity contribution in [1.82, 2.24) is 4.72 Å². The second-order valence-corrected chi connectivity index (χ2v) is 7.14. The second kappa shape index (κ2) is 7.04. The highest BCUT2D eigenvalue weighted by molar-refractivity contribution is 7.89. The lowest BCUT2D eigenvalue weighted by atomic mass is 10.2. The third kappa shape index (κ3) is 4.58. The van der Waals surface area contributed by atoms with E-state index in [1.54, 1.807) is 24.3 Å². The van der Waals surface area contributed by atoms with Gasteiger partial charge in [0.2, 0.25) is 10.0 Å². The predicted molar refractivity (Wildman–Crippen MR) is 84.7 cm³/mol. The molecule has 1 N–H and O–H groups in total. The number of ether oxygens (including phenoxy) is 3. The van der Waals surface area contributed by atoms with E-state index in [1.165, 1.54) is 0 Å². The van der Waals surface area contributed by atoms with Gasteiger partial charge < -0.3 is 14.2 Å². The highest BCUT2D eigenvalue weighted by Crippen LogP contribution is 2.30. The van der Waals surface area contributed by atoms with E-state index in [-0.39, 0.29) is 18.0 Å². The van der Waals surface area contributed by atoms with E-state index in [1.807, 2.05) is 0 Å². The molecular formula is C16H14F3NO5S. The number of benzene rings is 2. The summed E-state index contributed by atoms with van der Waals surface area (Å²) in [5.74, 6) is 0.584. The Hall–Kier alpha value is -2.46. The molecular weight excluding hydrogens is 375 g/mol. The van der Waals surface area contributed by atoms with Crippen LogP contribution in [0.3, 0.4) is 0 Å². The van der Waals surface area contributed by atoms with Gasteiger partial charge in [-0.3, -0.25) is 0 Å². The molecule has 0 aliphatic carbocycles. The van der Waals surface area contributed by atoms with Crippen LogP contribution >= 0.6 is 0 Å². The Morgan fingerprint density at radius 1 is 1.08 bits per heavy atom. The van der Waals surface area contributed by atoms with E-state index in [4.69, 9.17) is 9.47 Å². The predicted octanol–water partition coefficient (Wildman–Crippen LogP) is 2.70. The van der Waals surface area contributed by atoms with Gasteiger partial charge in [-0.05, 0) is 36.4 Å². The van der Waals surface area contributed by atoms with Crippen molar-refractivity contribution in [1.29, 1.82) is 0 Å². The first-order chi connectivity index (χ1) is 12.2. The number of alkyl halides is 3. The molecule has 2 aromatic carbocycles. The van der Waals surface area contributed by atoms with Gasteiger partial charge in [0, 0.05) is 0 Å². The third-order valence-corrected chi connectivity index (χ3v) is 4.88. The van der Waals surface area contributed by atoms with Gasteiger partial charge in [0.1, 0.15) is 18.5 Å². The molecule has 0 spiro atoms. The molecule has 0 fully saturated rings. The van der Waals surface area contributed by atoms with Crippen molar-refractivity contribution in [3.8, 4) is 17.2 Å². The fourth-order valence-electron chi connectivity index (χ4n) is 2.27. The maximum atomic E-state index is 12.2. The summed E-state index contributed by atoms with van der Waals surface area (Å²) in [7, 11) is -3.92. The Bertz CT molecular complexity index is 868. The van der Waals surface area contributed by atoms with Gasteiger partial charge in [0.15, 0.2) is 11.5 Å². The van der Waals surface area contributed by atoms with Gasteiger partial charge in [-0.15, -0.1) is 13.2 Å². The van der Waals surface area contributed by atoms with Crippen LogP contribution in [0.4, 0.5) is 13.2 Å². The molecule has 26 heavy (non-hydrogen) atoms. The normalized spacial score (nSPS) is 17.0. The highest BCUT2D eigenvalue weighted by atomic mass is 32.2. The van der Waals surface area contributed by atoms with Gasteiger partial charge in [0.05, 0.1) is 11.4 Å². The molecule has 0 radical (unpaired) electrons. The average molecular weight is 389 g/mol. The van der Waals surface area contributed by atoms with Crippen molar-refractivity contribution < 1.29 is 35.8 Å². The van der Waals surface area contributed by atoms with E-state index in [2.05, 4.69) is 9.46 Å². The Balaban J connectivity index is 1.61. The third-order valence-electron chi connectivity index (χ3n) is 3.44. The molecule has 1 unspecified atom stereocenters. The molecule has 0 bridgehead atoms. The second-order valence-electron chi connectivity index (χ2n) is 5.37. The number of halogens is 3. The molecule has 0 saturated carbocycles. The number of rotatable bonds is 5. The summed E-state index contributed by atoms with van der Waals surface area (Å²) in [6.45, 7) is 0.107. The topological polar surface area (TPSA) is 73.9 Å². The first-order valence-electron chi connectivity index (χ1n) is 7.47. The van der Waals surface area contributed by atoms with Crippen LogP contribution in [0.25, 0.3) is 0 Å². The summed E-state index contributed by atoms with van der Waals surface area (Å²) in [6.07, 6.45) is -5.37. The van der Waals surface area contributed by atoms with Crippen LogP contribution in [-0.2, 0) is 10.0 Å². The SMILES string of the molecule is O=S(=O)(NCC1COc2ccccc2O1)c1ccc(OC(F)(F)F)cc1. The summed E-state index contributed by atoms with van der Waals surface area (Å²) in [6, 6.07) is 10.9. The van der Waals surface area contributed by atoms with Crippen LogP contribution < -0.4 is 18.9 Å². The molecule has 10 heteroatoms. The molecule has 3 rings (SSSR count). The molecule has 6 nitrogen and oxygen atoms in total. The lowest BCUT2D eigenvalue weighted by molar-refractivity contribution is -0.274. The minimum Gasteiger partial charge on any atom is -0.486 e. The number of fused-ring (bicyclic) bond motifs is 1. The molecule has 0 saturated heterocycles. The van der Waals surface area contributed by atoms with E-state index < -0.39 is 28.2 Å². The van der Waals surface area contributed by atoms with Gasteiger partial charge in [-0.2, -0.15) is 0 Å². The number of hydrogen-bond acceptors (Lipinski definition) is 5. The first kappa shape index (κ1) is 18.3. The molecule has 1 aliphatic heterocycles. The van der Waals surface area contributed by atoms with E-state index in [0.717, 1.165) is 24.3 Å². The highest BCUT2D eigenvalue weighted by Gasteiger charge is 2.31. The number of sulfonamides is 1. The fraction of sp³-hybridized carbons (Fsp3) is 0.250. The molecule has 0 amide bonds. The minimum atomic E-state index is -4.84. The molecule has 140 valence electrons.